The molecule has 7 heteroatoms. The second-order valence-electron chi connectivity index (χ2n) is 7.01. The Hall–Kier alpha value is -2.38. The molecule has 1 aliphatic rings. The highest BCUT2D eigenvalue weighted by Gasteiger charge is 2.29. The van der Waals surface area contributed by atoms with E-state index in [9.17, 15) is 4.39 Å². The molecule has 156 valence electrons. The number of rotatable bonds is 7. The van der Waals surface area contributed by atoms with Gasteiger partial charge in [0, 0.05) is 26.2 Å². The van der Waals surface area contributed by atoms with Gasteiger partial charge in [-0.3, -0.25) is 4.90 Å². The van der Waals surface area contributed by atoms with Crippen molar-refractivity contribution in [3.8, 4) is 11.5 Å². The molecule has 2 aromatic carbocycles. The Morgan fingerprint density at radius 3 is 2.62 bits per heavy atom. The number of nitrogens with zero attached hydrogens (tertiary/aromatic N) is 1. The molecule has 2 N–H and O–H groups in total. The van der Waals surface area contributed by atoms with Crippen LogP contribution in [0.5, 0.6) is 11.5 Å². The third kappa shape index (κ3) is 5.16. The Bertz CT molecular complexity index is 862. The van der Waals surface area contributed by atoms with Crippen molar-refractivity contribution in [3.05, 3.63) is 58.9 Å². The number of hydrogen-bond donors (Lipinski definition) is 2. The van der Waals surface area contributed by atoms with Crippen LogP contribution in [-0.4, -0.2) is 43.9 Å². The number of methoxy groups -OCH3 is 2. The van der Waals surface area contributed by atoms with Gasteiger partial charge in [0.25, 0.3) is 0 Å². The number of benzene rings is 2. The van der Waals surface area contributed by atoms with Gasteiger partial charge in [-0.05, 0) is 66.5 Å². The molecule has 3 rings (SSSR count). The van der Waals surface area contributed by atoms with Crippen molar-refractivity contribution in [1.29, 1.82) is 0 Å². The fourth-order valence-electron chi connectivity index (χ4n) is 3.79. The van der Waals surface area contributed by atoms with E-state index in [0.29, 0.717) is 24.0 Å². The first-order chi connectivity index (χ1) is 14.0. The standard InChI is InChI=1S/C22H28FN3O2S/c1-4-24-22(29)25-13-19-18-12-21(28-3)20(27-2)11-16(18)8-9-26(19)14-15-6-5-7-17(23)10-15/h5-7,10-12,19H,4,8-9,13-14H2,1-3H3,(H2,24,25,29)/t19-/m1/s1. The molecule has 0 amide bonds. The first-order valence-corrected chi connectivity index (χ1v) is 10.2. The molecule has 1 aliphatic heterocycles. The Morgan fingerprint density at radius 1 is 1.17 bits per heavy atom. The zero-order valence-electron chi connectivity index (χ0n) is 17.1. The molecule has 0 saturated heterocycles. The second kappa shape index (κ2) is 9.89. The molecule has 0 aromatic heterocycles. The Kier molecular flexibility index (Phi) is 7.28. The Morgan fingerprint density at radius 2 is 1.93 bits per heavy atom. The molecule has 0 saturated carbocycles. The molecular formula is C22H28FN3O2S. The van der Waals surface area contributed by atoms with Crippen molar-refractivity contribution in [2.75, 3.05) is 33.9 Å². The predicted octanol–water partition coefficient (Wildman–Crippen LogP) is 3.43. The fourth-order valence-corrected chi connectivity index (χ4v) is 4.02. The number of hydrogen-bond acceptors (Lipinski definition) is 4. The van der Waals surface area contributed by atoms with Gasteiger partial charge in [-0.15, -0.1) is 0 Å². The highest BCUT2D eigenvalue weighted by atomic mass is 32.1. The lowest BCUT2D eigenvalue weighted by Gasteiger charge is -2.38. The quantitative estimate of drug-likeness (QED) is 0.673. The zero-order valence-corrected chi connectivity index (χ0v) is 17.9. The van der Waals surface area contributed by atoms with Gasteiger partial charge < -0.3 is 20.1 Å². The van der Waals surface area contributed by atoms with Crippen molar-refractivity contribution < 1.29 is 13.9 Å². The minimum absolute atomic E-state index is 0.0680. The van der Waals surface area contributed by atoms with Crippen LogP contribution < -0.4 is 20.1 Å². The SMILES string of the molecule is CCNC(=S)NC[C@@H]1c2cc(OC)c(OC)cc2CCN1Cc1cccc(F)c1. The zero-order chi connectivity index (χ0) is 20.8. The van der Waals surface area contributed by atoms with Crippen LogP contribution in [0.4, 0.5) is 4.39 Å². The van der Waals surface area contributed by atoms with Crippen molar-refractivity contribution in [2.45, 2.75) is 25.9 Å². The van der Waals surface area contributed by atoms with Gasteiger partial charge in [0.1, 0.15) is 5.82 Å². The topological polar surface area (TPSA) is 45.8 Å². The van der Waals surface area contributed by atoms with Crippen LogP contribution in [0.15, 0.2) is 36.4 Å². The molecule has 1 atom stereocenters. The third-order valence-corrected chi connectivity index (χ3v) is 5.47. The lowest BCUT2D eigenvalue weighted by Crippen LogP contribution is -2.44. The maximum Gasteiger partial charge on any atom is 0.166 e. The minimum Gasteiger partial charge on any atom is -0.493 e. The van der Waals surface area contributed by atoms with Crippen LogP contribution in [0, 0.1) is 5.82 Å². The van der Waals surface area contributed by atoms with Crippen molar-refractivity contribution in [1.82, 2.24) is 15.5 Å². The maximum absolute atomic E-state index is 13.7. The predicted molar refractivity (Wildman–Crippen MR) is 117 cm³/mol. The number of thiocarbonyl (C=S) groups is 1. The van der Waals surface area contributed by atoms with E-state index < -0.39 is 0 Å². The van der Waals surface area contributed by atoms with Gasteiger partial charge >= 0.3 is 0 Å². The second-order valence-corrected chi connectivity index (χ2v) is 7.42. The smallest absolute Gasteiger partial charge is 0.166 e. The largest absolute Gasteiger partial charge is 0.493 e. The van der Waals surface area contributed by atoms with Gasteiger partial charge in [0.15, 0.2) is 16.6 Å². The summed E-state index contributed by atoms with van der Waals surface area (Å²) in [5.74, 6) is 1.23. The van der Waals surface area contributed by atoms with Crippen molar-refractivity contribution in [2.24, 2.45) is 0 Å². The summed E-state index contributed by atoms with van der Waals surface area (Å²) in [6.07, 6.45) is 0.888. The van der Waals surface area contributed by atoms with E-state index in [2.05, 4.69) is 27.7 Å². The first kappa shape index (κ1) is 21.3. The van der Waals surface area contributed by atoms with E-state index in [0.717, 1.165) is 30.8 Å². The van der Waals surface area contributed by atoms with Crippen molar-refractivity contribution in [3.63, 3.8) is 0 Å². The van der Waals surface area contributed by atoms with Gasteiger partial charge in [0.2, 0.25) is 0 Å². The van der Waals surface area contributed by atoms with E-state index >= 15 is 0 Å². The number of ether oxygens (including phenoxy) is 2. The van der Waals surface area contributed by atoms with Crippen molar-refractivity contribution >= 4 is 17.3 Å². The monoisotopic (exact) mass is 417 g/mol. The fraction of sp³-hybridized carbons (Fsp3) is 0.409. The van der Waals surface area contributed by atoms with Gasteiger partial charge in [-0.25, -0.2) is 4.39 Å². The van der Waals surface area contributed by atoms with Crippen LogP contribution in [0.2, 0.25) is 0 Å². The Balaban J connectivity index is 1.91. The van der Waals surface area contributed by atoms with E-state index in [-0.39, 0.29) is 11.9 Å². The van der Waals surface area contributed by atoms with Gasteiger partial charge in [-0.1, -0.05) is 12.1 Å². The molecule has 0 unspecified atom stereocenters. The number of fused-ring (bicyclic) bond motifs is 1. The summed E-state index contributed by atoms with van der Waals surface area (Å²) in [7, 11) is 3.29. The third-order valence-electron chi connectivity index (χ3n) is 5.18. The number of nitrogens with one attached hydrogen (secondary N) is 2. The maximum atomic E-state index is 13.7. The lowest BCUT2D eigenvalue weighted by atomic mass is 9.91. The summed E-state index contributed by atoms with van der Waals surface area (Å²) in [5.41, 5.74) is 3.37. The molecule has 0 bridgehead atoms. The summed E-state index contributed by atoms with van der Waals surface area (Å²) < 4.78 is 24.7. The first-order valence-electron chi connectivity index (χ1n) is 9.80. The summed E-state index contributed by atoms with van der Waals surface area (Å²) in [6, 6.07) is 11.0. The normalized spacial score (nSPS) is 16.1. The molecule has 0 spiro atoms. The van der Waals surface area contributed by atoms with Crippen LogP contribution in [0.25, 0.3) is 0 Å². The average molecular weight is 418 g/mol. The molecule has 0 aliphatic carbocycles. The lowest BCUT2D eigenvalue weighted by molar-refractivity contribution is 0.176. The molecule has 1 heterocycles. The summed E-state index contributed by atoms with van der Waals surface area (Å²) in [4.78, 5) is 2.35. The number of halogens is 1. The molecule has 29 heavy (non-hydrogen) atoms. The van der Waals surface area contributed by atoms with E-state index in [1.165, 1.54) is 17.2 Å². The molecule has 5 nitrogen and oxygen atoms in total. The van der Waals surface area contributed by atoms with Crippen LogP contribution in [-0.2, 0) is 13.0 Å². The van der Waals surface area contributed by atoms with Crippen LogP contribution in [0.1, 0.15) is 29.7 Å². The van der Waals surface area contributed by atoms with Crippen LogP contribution >= 0.6 is 12.2 Å². The molecular weight excluding hydrogens is 389 g/mol. The highest BCUT2D eigenvalue weighted by Crippen LogP contribution is 2.38. The molecule has 2 aromatic rings. The minimum atomic E-state index is -0.214. The van der Waals surface area contributed by atoms with Crippen LogP contribution in [0.3, 0.4) is 0 Å². The van der Waals surface area contributed by atoms with E-state index in [1.54, 1.807) is 26.4 Å². The molecule has 0 fully saturated rings. The summed E-state index contributed by atoms with van der Waals surface area (Å²) in [6.45, 7) is 4.94. The Labute approximate surface area is 177 Å². The average Bonchev–Trinajstić information content (AvgIpc) is 2.72. The van der Waals surface area contributed by atoms with E-state index in [4.69, 9.17) is 21.7 Å². The highest BCUT2D eigenvalue weighted by molar-refractivity contribution is 7.80. The summed E-state index contributed by atoms with van der Waals surface area (Å²) in [5, 5.41) is 7.08. The molecule has 0 radical (unpaired) electrons. The van der Waals surface area contributed by atoms with Gasteiger partial charge in [0.05, 0.1) is 20.3 Å². The van der Waals surface area contributed by atoms with E-state index in [1.807, 2.05) is 13.0 Å². The van der Waals surface area contributed by atoms with Gasteiger partial charge in [-0.2, -0.15) is 0 Å². The summed E-state index contributed by atoms with van der Waals surface area (Å²) >= 11 is 5.36.